The molecule has 2 amide bonds. The van der Waals surface area contributed by atoms with Crippen molar-refractivity contribution in [3.8, 4) is 0 Å². The molecule has 0 saturated heterocycles. The predicted molar refractivity (Wildman–Crippen MR) is 70.8 cm³/mol. The Balaban J connectivity index is 2.40. The van der Waals surface area contributed by atoms with Crippen LogP contribution in [-0.2, 0) is 18.4 Å². The van der Waals surface area contributed by atoms with Crippen molar-refractivity contribution in [1.82, 2.24) is 25.4 Å². The lowest BCUT2D eigenvalue weighted by atomic mass is 10.2. The molecule has 0 aliphatic carbocycles. The summed E-state index contributed by atoms with van der Waals surface area (Å²) < 4.78 is 1.67. The number of hydrogen-bond donors (Lipinski definition) is 3. The van der Waals surface area contributed by atoms with Gasteiger partial charge in [0.25, 0.3) is 0 Å². The first-order chi connectivity index (χ1) is 9.04. The molecule has 0 bridgehead atoms. The summed E-state index contributed by atoms with van der Waals surface area (Å²) in [4.78, 5) is 22.5. The van der Waals surface area contributed by atoms with Gasteiger partial charge in [-0.25, -0.2) is 9.59 Å². The zero-order valence-electron chi connectivity index (χ0n) is 10.8. The fourth-order valence-corrected chi connectivity index (χ4v) is 1.80. The van der Waals surface area contributed by atoms with Gasteiger partial charge >= 0.3 is 12.0 Å². The first kappa shape index (κ1) is 15.3. The van der Waals surface area contributed by atoms with Crippen LogP contribution < -0.4 is 10.6 Å². The second kappa shape index (κ2) is 7.62. The van der Waals surface area contributed by atoms with Crippen molar-refractivity contribution in [2.45, 2.75) is 19.0 Å². The number of aromatic nitrogens is 3. The number of carbonyl (C=O) groups is 2. The Hall–Kier alpha value is -1.77. The number of aliphatic carboxylic acids is 1. The van der Waals surface area contributed by atoms with E-state index in [0.717, 1.165) is 0 Å². The van der Waals surface area contributed by atoms with Crippen LogP contribution in [0.15, 0.2) is 6.33 Å². The van der Waals surface area contributed by atoms with E-state index in [2.05, 4.69) is 20.8 Å². The second-order valence-electron chi connectivity index (χ2n) is 3.86. The van der Waals surface area contributed by atoms with E-state index in [1.807, 2.05) is 6.26 Å². The Morgan fingerprint density at radius 1 is 1.58 bits per heavy atom. The molecular formula is C10H17N5O3S. The SMILES string of the molecule is CSCCC(NC(=O)NCc1nncn1C)C(=O)O. The van der Waals surface area contributed by atoms with Crippen molar-refractivity contribution in [2.24, 2.45) is 7.05 Å². The highest BCUT2D eigenvalue weighted by molar-refractivity contribution is 7.98. The Morgan fingerprint density at radius 2 is 2.32 bits per heavy atom. The number of aryl methyl sites for hydroxylation is 1. The van der Waals surface area contributed by atoms with E-state index in [1.54, 1.807) is 11.6 Å². The van der Waals surface area contributed by atoms with Crippen molar-refractivity contribution in [3.63, 3.8) is 0 Å². The summed E-state index contributed by atoms with van der Waals surface area (Å²) in [6.07, 6.45) is 3.79. The van der Waals surface area contributed by atoms with Crippen LogP contribution in [0.3, 0.4) is 0 Å². The van der Waals surface area contributed by atoms with Crippen LogP contribution in [0.5, 0.6) is 0 Å². The predicted octanol–water partition coefficient (Wildman–Crippen LogP) is -0.179. The molecule has 3 N–H and O–H groups in total. The van der Waals surface area contributed by atoms with Crippen LogP contribution in [0, 0.1) is 0 Å². The molecule has 0 saturated carbocycles. The van der Waals surface area contributed by atoms with Crippen molar-refractivity contribution in [2.75, 3.05) is 12.0 Å². The maximum absolute atomic E-state index is 11.6. The molecule has 0 aromatic carbocycles. The third-order valence-corrected chi connectivity index (χ3v) is 3.07. The molecule has 8 nitrogen and oxygen atoms in total. The summed E-state index contributed by atoms with van der Waals surface area (Å²) in [5, 5.41) is 21.4. The van der Waals surface area contributed by atoms with Gasteiger partial charge in [0.2, 0.25) is 0 Å². The zero-order chi connectivity index (χ0) is 14.3. The zero-order valence-corrected chi connectivity index (χ0v) is 11.6. The van der Waals surface area contributed by atoms with E-state index < -0.39 is 18.0 Å². The van der Waals surface area contributed by atoms with Gasteiger partial charge in [0, 0.05) is 7.05 Å². The highest BCUT2D eigenvalue weighted by Gasteiger charge is 2.19. The monoisotopic (exact) mass is 287 g/mol. The highest BCUT2D eigenvalue weighted by atomic mass is 32.2. The molecule has 0 fully saturated rings. The van der Waals surface area contributed by atoms with Crippen LogP contribution in [0.1, 0.15) is 12.2 Å². The summed E-state index contributed by atoms with van der Waals surface area (Å²) in [5.41, 5.74) is 0. The molecule has 0 spiro atoms. The number of nitrogens with zero attached hydrogens (tertiary/aromatic N) is 3. The Kier molecular flexibility index (Phi) is 6.13. The fraction of sp³-hybridized carbons (Fsp3) is 0.600. The minimum absolute atomic E-state index is 0.192. The molecule has 0 radical (unpaired) electrons. The largest absolute Gasteiger partial charge is 0.480 e. The minimum Gasteiger partial charge on any atom is -0.480 e. The summed E-state index contributed by atoms with van der Waals surface area (Å²) in [6, 6.07) is -1.41. The van der Waals surface area contributed by atoms with Crippen molar-refractivity contribution in [1.29, 1.82) is 0 Å². The number of amides is 2. The topological polar surface area (TPSA) is 109 Å². The summed E-state index contributed by atoms with van der Waals surface area (Å²) in [5.74, 6) is 0.217. The standard InChI is InChI=1S/C10H17N5O3S/c1-15-6-12-14-8(15)5-11-10(18)13-7(9(16)17)3-4-19-2/h6-7H,3-5H2,1-2H3,(H,16,17)(H2,11,13,18). The molecule has 0 aliphatic heterocycles. The molecule has 106 valence electrons. The van der Waals surface area contributed by atoms with E-state index in [1.165, 1.54) is 18.1 Å². The highest BCUT2D eigenvalue weighted by Crippen LogP contribution is 2.01. The maximum Gasteiger partial charge on any atom is 0.326 e. The summed E-state index contributed by atoms with van der Waals surface area (Å²) in [6.45, 7) is 0.192. The van der Waals surface area contributed by atoms with Gasteiger partial charge in [-0.15, -0.1) is 10.2 Å². The van der Waals surface area contributed by atoms with Gasteiger partial charge < -0.3 is 20.3 Å². The van der Waals surface area contributed by atoms with Gasteiger partial charge in [-0.3, -0.25) is 0 Å². The van der Waals surface area contributed by atoms with Crippen LogP contribution in [0.2, 0.25) is 0 Å². The normalized spacial score (nSPS) is 11.9. The Labute approximate surface area is 115 Å². The van der Waals surface area contributed by atoms with E-state index >= 15 is 0 Å². The molecular weight excluding hydrogens is 270 g/mol. The molecule has 9 heteroatoms. The van der Waals surface area contributed by atoms with Crippen molar-refractivity contribution < 1.29 is 14.7 Å². The number of thioether (sulfide) groups is 1. The molecule has 1 atom stereocenters. The van der Waals surface area contributed by atoms with Crippen LogP contribution >= 0.6 is 11.8 Å². The molecule has 0 aliphatic rings. The fourth-order valence-electron chi connectivity index (χ4n) is 1.33. The van der Waals surface area contributed by atoms with Gasteiger partial charge in [-0.1, -0.05) is 0 Å². The molecule has 1 aromatic rings. The molecule has 19 heavy (non-hydrogen) atoms. The Bertz CT molecular complexity index is 437. The number of carboxylic acid groups (broad SMARTS) is 1. The van der Waals surface area contributed by atoms with E-state index in [9.17, 15) is 9.59 Å². The van der Waals surface area contributed by atoms with E-state index in [0.29, 0.717) is 18.0 Å². The first-order valence-corrected chi connectivity index (χ1v) is 7.03. The smallest absolute Gasteiger partial charge is 0.326 e. The van der Waals surface area contributed by atoms with E-state index in [4.69, 9.17) is 5.11 Å². The van der Waals surface area contributed by atoms with Crippen LogP contribution in [-0.4, -0.2) is 49.9 Å². The van der Waals surface area contributed by atoms with Crippen molar-refractivity contribution >= 4 is 23.8 Å². The number of nitrogens with one attached hydrogen (secondary N) is 2. The van der Waals surface area contributed by atoms with Gasteiger partial charge in [0.1, 0.15) is 12.4 Å². The third-order valence-electron chi connectivity index (χ3n) is 2.43. The quantitative estimate of drug-likeness (QED) is 0.642. The van der Waals surface area contributed by atoms with Gasteiger partial charge in [-0.2, -0.15) is 11.8 Å². The minimum atomic E-state index is -1.04. The number of carbonyl (C=O) groups excluding carboxylic acids is 1. The number of carboxylic acids is 1. The van der Waals surface area contributed by atoms with Crippen LogP contribution in [0.25, 0.3) is 0 Å². The van der Waals surface area contributed by atoms with Gasteiger partial charge in [0.15, 0.2) is 5.82 Å². The number of rotatable bonds is 7. The van der Waals surface area contributed by atoms with Crippen LogP contribution in [0.4, 0.5) is 4.79 Å². The first-order valence-electron chi connectivity index (χ1n) is 5.63. The molecule has 1 unspecified atom stereocenters. The number of hydrogen-bond acceptors (Lipinski definition) is 5. The molecule has 1 rings (SSSR count). The third kappa shape index (κ3) is 5.16. The Morgan fingerprint density at radius 3 is 2.84 bits per heavy atom. The lowest BCUT2D eigenvalue weighted by Gasteiger charge is -2.14. The lowest BCUT2D eigenvalue weighted by Crippen LogP contribution is -2.46. The van der Waals surface area contributed by atoms with Crippen molar-refractivity contribution in [3.05, 3.63) is 12.2 Å². The summed E-state index contributed by atoms with van der Waals surface area (Å²) >= 11 is 1.53. The summed E-state index contributed by atoms with van der Waals surface area (Å²) in [7, 11) is 1.76. The second-order valence-corrected chi connectivity index (χ2v) is 4.84. The number of urea groups is 1. The average Bonchev–Trinajstić information content (AvgIpc) is 2.77. The van der Waals surface area contributed by atoms with E-state index in [-0.39, 0.29) is 6.54 Å². The maximum atomic E-state index is 11.6. The average molecular weight is 287 g/mol. The van der Waals surface area contributed by atoms with Gasteiger partial charge in [0.05, 0.1) is 6.54 Å². The van der Waals surface area contributed by atoms with Gasteiger partial charge in [-0.05, 0) is 18.4 Å². The lowest BCUT2D eigenvalue weighted by molar-refractivity contribution is -0.139. The molecule has 1 aromatic heterocycles. The molecule has 1 heterocycles.